The van der Waals surface area contributed by atoms with E-state index in [1.54, 1.807) is 6.08 Å². The summed E-state index contributed by atoms with van der Waals surface area (Å²) in [4.78, 5) is 0. The van der Waals surface area contributed by atoms with Crippen molar-refractivity contribution < 1.29 is 4.74 Å². The molecule has 0 bridgehead atoms. The van der Waals surface area contributed by atoms with Gasteiger partial charge in [-0.05, 0) is 49.9 Å². The fourth-order valence-electron chi connectivity index (χ4n) is 1.94. The lowest BCUT2D eigenvalue weighted by Crippen LogP contribution is -2.22. The van der Waals surface area contributed by atoms with Crippen LogP contribution in [0.4, 0.5) is 0 Å². The van der Waals surface area contributed by atoms with Gasteiger partial charge in [-0.25, -0.2) is 0 Å². The minimum absolute atomic E-state index is 0.406. The maximum absolute atomic E-state index is 6.11. The lowest BCUT2D eigenvalue weighted by atomic mass is 9.91. The van der Waals surface area contributed by atoms with Gasteiger partial charge in [0.1, 0.15) is 0 Å². The molecule has 1 unspecified atom stereocenters. The van der Waals surface area contributed by atoms with Gasteiger partial charge in [-0.3, -0.25) is 0 Å². The molecule has 1 N–H and O–H groups in total. The van der Waals surface area contributed by atoms with Crippen molar-refractivity contribution in [2.24, 2.45) is 11.8 Å². The Morgan fingerprint density at radius 3 is 2.57 bits per heavy atom. The van der Waals surface area contributed by atoms with Crippen LogP contribution in [0, 0.1) is 11.8 Å². The molecule has 0 rings (SSSR count). The first-order chi connectivity index (χ1) is 10.1. The summed E-state index contributed by atoms with van der Waals surface area (Å²) in [6.07, 6.45) is 7.66. The smallest absolute Gasteiger partial charge is 0.0589 e. The van der Waals surface area contributed by atoms with Crippen LogP contribution in [-0.2, 0) is 4.74 Å². The molecule has 0 aliphatic heterocycles. The Kier molecular flexibility index (Phi) is 13.2. The normalized spacial score (nSPS) is 15.9. The minimum Gasteiger partial charge on any atom is -0.381 e. The molecule has 0 aromatic rings. The summed E-state index contributed by atoms with van der Waals surface area (Å²) in [5, 5.41) is 4.37. The Balaban J connectivity index is 4.63. The molecule has 0 aliphatic rings. The molecule has 4 heteroatoms. The summed E-state index contributed by atoms with van der Waals surface area (Å²) in [5.74, 6) is 0.849. The molecule has 0 heterocycles. The van der Waals surface area contributed by atoms with Gasteiger partial charge in [-0.15, -0.1) is 0 Å². The van der Waals surface area contributed by atoms with E-state index < -0.39 is 0 Å². The largest absolute Gasteiger partial charge is 0.381 e. The monoisotopic (exact) mass is 333 g/mol. The topological polar surface area (TPSA) is 21.3 Å². The molecular formula is C17H29Cl2NO. The molecule has 0 fully saturated rings. The molecule has 2 nitrogen and oxygen atoms in total. The second-order valence-electron chi connectivity index (χ2n) is 5.12. The third kappa shape index (κ3) is 10.1. The number of rotatable bonds is 12. The van der Waals surface area contributed by atoms with Crippen LogP contribution in [0.2, 0.25) is 0 Å². The summed E-state index contributed by atoms with van der Waals surface area (Å²) in [6, 6.07) is 0. The zero-order valence-corrected chi connectivity index (χ0v) is 15.0. The van der Waals surface area contributed by atoms with Gasteiger partial charge >= 0.3 is 0 Å². The molecule has 0 aromatic carbocycles. The Hall–Kier alpha value is -0.280. The van der Waals surface area contributed by atoms with Gasteiger partial charge in [0.25, 0.3) is 0 Å². The summed E-state index contributed by atoms with van der Waals surface area (Å²) in [5.41, 5.74) is 0. The number of ether oxygens (including phenoxy) is 1. The van der Waals surface area contributed by atoms with Gasteiger partial charge in [-0.2, -0.15) is 0 Å². The summed E-state index contributed by atoms with van der Waals surface area (Å²) >= 11 is 12.1. The third-order valence-electron chi connectivity index (χ3n) is 3.26. The van der Waals surface area contributed by atoms with Gasteiger partial charge in [-0.1, -0.05) is 56.6 Å². The predicted molar refractivity (Wildman–Crippen MR) is 95.0 cm³/mol. The quantitative estimate of drug-likeness (QED) is 0.396. The van der Waals surface area contributed by atoms with Gasteiger partial charge in [0.2, 0.25) is 0 Å². The Morgan fingerprint density at radius 2 is 2.00 bits per heavy atom. The van der Waals surface area contributed by atoms with Crippen LogP contribution in [0.15, 0.2) is 34.9 Å². The van der Waals surface area contributed by atoms with Gasteiger partial charge in [0, 0.05) is 13.2 Å². The predicted octanol–water partition coefficient (Wildman–Crippen LogP) is 5.10. The van der Waals surface area contributed by atoms with Crippen molar-refractivity contribution in [3.05, 3.63) is 34.9 Å². The zero-order chi connectivity index (χ0) is 16.1. The molecule has 2 atom stereocenters. The highest BCUT2D eigenvalue weighted by Gasteiger charge is 2.14. The van der Waals surface area contributed by atoms with Crippen molar-refractivity contribution in [1.29, 1.82) is 0 Å². The van der Waals surface area contributed by atoms with Gasteiger partial charge < -0.3 is 10.1 Å². The maximum Gasteiger partial charge on any atom is 0.0589 e. The van der Waals surface area contributed by atoms with E-state index in [9.17, 15) is 0 Å². The molecule has 0 aromatic heterocycles. The lowest BCUT2D eigenvalue weighted by Gasteiger charge is -2.21. The van der Waals surface area contributed by atoms with Crippen LogP contribution < -0.4 is 5.32 Å². The van der Waals surface area contributed by atoms with Crippen LogP contribution in [-0.4, -0.2) is 26.3 Å². The van der Waals surface area contributed by atoms with E-state index in [1.165, 1.54) is 0 Å². The molecule has 0 radical (unpaired) electrons. The first-order valence-corrected chi connectivity index (χ1v) is 8.46. The lowest BCUT2D eigenvalue weighted by molar-refractivity contribution is 0.0904. The number of hydrogen-bond acceptors (Lipinski definition) is 2. The first-order valence-electron chi connectivity index (χ1n) is 7.71. The van der Waals surface area contributed by atoms with E-state index in [4.69, 9.17) is 27.9 Å². The third-order valence-corrected chi connectivity index (χ3v) is 4.05. The molecule has 0 saturated carbocycles. The van der Waals surface area contributed by atoms with Crippen molar-refractivity contribution >= 4 is 23.2 Å². The molecule has 0 spiro atoms. The second kappa shape index (κ2) is 13.4. The van der Waals surface area contributed by atoms with E-state index in [-0.39, 0.29) is 0 Å². The number of nitrogens with one attached hydrogen (secondary N) is 1. The maximum atomic E-state index is 6.11. The average molecular weight is 334 g/mol. The number of allylic oxidation sites excluding steroid dienone is 5. The Morgan fingerprint density at radius 1 is 1.29 bits per heavy atom. The highest BCUT2D eigenvalue weighted by atomic mass is 35.5. The highest BCUT2D eigenvalue weighted by molar-refractivity contribution is 6.41. The van der Waals surface area contributed by atoms with E-state index in [1.807, 2.05) is 6.08 Å². The van der Waals surface area contributed by atoms with Crippen LogP contribution in [0.25, 0.3) is 0 Å². The summed E-state index contributed by atoms with van der Waals surface area (Å²) in [6.45, 7) is 13.6. The van der Waals surface area contributed by atoms with Crippen LogP contribution >= 0.6 is 23.2 Å². The Bertz CT molecular complexity index is 340. The van der Waals surface area contributed by atoms with E-state index in [2.05, 4.69) is 38.7 Å². The summed E-state index contributed by atoms with van der Waals surface area (Å²) in [7, 11) is 0. The molecule has 0 amide bonds. The van der Waals surface area contributed by atoms with Crippen molar-refractivity contribution in [2.75, 3.05) is 26.3 Å². The molecule has 21 heavy (non-hydrogen) atoms. The fraction of sp³-hybridized carbons (Fsp3) is 0.647. The molecule has 122 valence electrons. The number of hydrogen-bond donors (Lipinski definition) is 1. The van der Waals surface area contributed by atoms with Crippen molar-refractivity contribution in [3.8, 4) is 0 Å². The zero-order valence-electron chi connectivity index (χ0n) is 13.5. The van der Waals surface area contributed by atoms with E-state index in [0.717, 1.165) is 39.1 Å². The highest BCUT2D eigenvalue weighted by Crippen LogP contribution is 2.22. The Labute approximate surface area is 140 Å². The van der Waals surface area contributed by atoms with Crippen molar-refractivity contribution in [3.63, 3.8) is 0 Å². The van der Waals surface area contributed by atoms with E-state index >= 15 is 0 Å². The SMILES string of the molecule is C=C/C(Cl)=C(Cl)\C=C\[C@@H](CCNCC)C(C)COCCC. The van der Waals surface area contributed by atoms with Crippen LogP contribution in [0.1, 0.15) is 33.6 Å². The van der Waals surface area contributed by atoms with Crippen LogP contribution in [0.5, 0.6) is 0 Å². The average Bonchev–Trinajstić information content (AvgIpc) is 2.49. The molecule has 0 aliphatic carbocycles. The standard InChI is InChI=1S/C17H29Cl2NO/c1-5-12-21-13-14(4)15(10-11-20-7-3)8-9-17(19)16(18)6-2/h6,8-9,14-15,20H,2,5,7,10-13H2,1,3-4H3/b9-8+,17-16-/t14?,15-/m0/s1. The first kappa shape index (κ1) is 20.7. The van der Waals surface area contributed by atoms with Crippen molar-refractivity contribution in [1.82, 2.24) is 5.32 Å². The molecular weight excluding hydrogens is 305 g/mol. The second-order valence-corrected chi connectivity index (χ2v) is 5.93. The molecule has 0 saturated heterocycles. The summed E-state index contributed by atoms with van der Waals surface area (Å²) < 4.78 is 5.67. The minimum atomic E-state index is 0.406. The fourth-order valence-corrected chi connectivity index (χ4v) is 2.15. The van der Waals surface area contributed by atoms with Gasteiger partial charge in [0.05, 0.1) is 10.1 Å². The van der Waals surface area contributed by atoms with Crippen LogP contribution in [0.3, 0.4) is 0 Å². The van der Waals surface area contributed by atoms with Gasteiger partial charge in [0.15, 0.2) is 0 Å². The van der Waals surface area contributed by atoms with E-state index in [0.29, 0.717) is 21.9 Å². The number of halogens is 2. The van der Waals surface area contributed by atoms with Crippen molar-refractivity contribution in [2.45, 2.75) is 33.6 Å².